The van der Waals surface area contributed by atoms with Crippen LogP contribution in [0.5, 0.6) is 0 Å². The van der Waals surface area contributed by atoms with E-state index in [1.165, 1.54) is 12.3 Å². The topological polar surface area (TPSA) is 103 Å². The summed E-state index contributed by atoms with van der Waals surface area (Å²) >= 11 is 0. The monoisotopic (exact) mass is 295 g/mol. The molecule has 0 saturated heterocycles. The average molecular weight is 295 g/mol. The molecule has 2 aromatic rings. The summed E-state index contributed by atoms with van der Waals surface area (Å²) in [6, 6.07) is 3.06. The van der Waals surface area contributed by atoms with Gasteiger partial charge >= 0.3 is 0 Å². The van der Waals surface area contributed by atoms with Crippen molar-refractivity contribution in [2.24, 2.45) is 0 Å². The van der Waals surface area contributed by atoms with Crippen LogP contribution in [0, 0.1) is 13.8 Å². The maximum Gasteiger partial charge on any atom is 0.205 e. The van der Waals surface area contributed by atoms with Crippen molar-refractivity contribution in [1.29, 1.82) is 0 Å². The summed E-state index contributed by atoms with van der Waals surface area (Å²) < 4.78 is 0. The third-order valence-corrected chi connectivity index (χ3v) is 3.65. The number of hydrogen-bond donors (Lipinski definition) is 1. The molecule has 0 spiro atoms. The van der Waals surface area contributed by atoms with Gasteiger partial charge in [0.15, 0.2) is 5.78 Å². The van der Waals surface area contributed by atoms with Crippen molar-refractivity contribution < 1.29 is 19.5 Å². The molecule has 1 N–H and O–H groups in total. The van der Waals surface area contributed by atoms with Gasteiger partial charge in [-0.15, -0.1) is 0 Å². The number of rotatable bonds is 2. The Morgan fingerprint density at radius 3 is 2.64 bits per heavy atom. The number of aryl methyl sites for hydroxylation is 2. The van der Waals surface area contributed by atoms with E-state index in [-0.39, 0.29) is 28.0 Å². The molecule has 2 aromatic heterocycles. The molecule has 0 fully saturated rings. The highest BCUT2D eigenvalue weighted by atomic mass is 16.4. The summed E-state index contributed by atoms with van der Waals surface area (Å²) in [5.41, 5.74) is 1.28. The minimum Gasteiger partial charge on any atom is -0.545 e. The molecule has 0 aromatic carbocycles. The molecular formula is C16H11N2O4-. The van der Waals surface area contributed by atoms with E-state index in [1.807, 2.05) is 0 Å². The number of H-pyrrole nitrogens is 1. The lowest BCUT2D eigenvalue weighted by Gasteiger charge is -2.16. The summed E-state index contributed by atoms with van der Waals surface area (Å²) in [4.78, 5) is 42.9. The van der Waals surface area contributed by atoms with Crippen molar-refractivity contribution in [2.75, 3.05) is 0 Å². The average Bonchev–Trinajstić information content (AvgIpc) is 2.77. The number of aromatic amines is 1. The summed E-state index contributed by atoms with van der Waals surface area (Å²) in [6.45, 7) is 3.22. The predicted octanol–water partition coefficient (Wildman–Crippen LogP) is 0.853. The van der Waals surface area contributed by atoms with Gasteiger partial charge in [0.2, 0.25) is 5.78 Å². The summed E-state index contributed by atoms with van der Waals surface area (Å²) in [5, 5.41) is 11.4. The molecule has 0 aliphatic heterocycles. The number of nitrogens with one attached hydrogen (secondary N) is 1. The number of ketones is 2. The van der Waals surface area contributed by atoms with Gasteiger partial charge in [0, 0.05) is 34.3 Å². The highest BCUT2D eigenvalue weighted by molar-refractivity contribution is 6.39. The molecular weight excluding hydrogens is 284 g/mol. The van der Waals surface area contributed by atoms with E-state index in [1.54, 1.807) is 19.9 Å². The molecule has 1 aliphatic rings. The Morgan fingerprint density at radius 2 is 1.95 bits per heavy atom. The molecule has 0 unspecified atom stereocenters. The molecule has 0 saturated carbocycles. The van der Waals surface area contributed by atoms with Gasteiger partial charge in [-0.1, -0.05) is 0 Å². The van der Waals surface area contributed by atoms with Crippen molar-refractivity contribution >= 4 is 23.1 Å². The zero-order valence-corrected chi connectivity index (χ0v) is 11.9. The van der Waals surface area contributed by atoms with Gasteiger partial charge in [0.25, 0.3) is 0 Å². The lowest BCUT2D eigenvalue weighted by molar-refractivity contribution is -0.255. The van der Waals surface area contributed by atoms with Crippen LogP contribution in [-0.4, -0.2) is 27.5 Å². The molecule has 110 valence electrons. The lowest BCUT2D eigenvalue weighted by atomic mass is 9.87. The molecule has 6 heteroatoms. The Bertz CT molecular complexity index is 874. The fraction of sp³-hybridized carbons (Fsp3) is 0.125. The predicted molar refractivity (Wildman–Crippen MR) is 75.5 cm³/mol. The van der Waals surface area contributed by atoms with Crippen LogP contribution < -0.4 is 5.11 Å². The number of allylic oxidation sites excluding steroid dienone is 2. The highest BCUT2D eigenvalue weighted by Crippen LogP contribution is 2.32. The minimum atomic E-state index is -1.39. The maximum absolute atomic E-state index is 12.6. The minimum absolute atomic E-state index is 0.0477. The quantitative estimate of drug-likeness (QED) is 0.884. The van der Waals surface area contributed by atoms with E-state index in [4.69, 9.17) is 0 Å². The Kier molecular flexibility index (Phi) is 3.02. The summed E-state index contributed by atoms with van der Waals surface area (Å²) in [6.07, 6.45) is 2.57. The standard InChI is InChI=1S/C16H12N2O4/c1-7-12(13(16(21)22)8(2)18-7)10-6-11(19)14-9(15(10)20)4-3-5-17-14/h3-6,18H,1-2H3,(H,21,22)/p-1. The van der Waals surface area contributed by atoms with Crippen LogP contribution in [0.2, 0.25) is 0 Å². The molecule has 3 rings (SSSR count). The molecule has 6 nitrogen and oxygen atoms in total. The fourth-order valence-corrected chi connectivity index (χ4v) is 2.75. The molecule has 1 aliphatic carbocycles. The van der Waals surface area contributed by atoms with Crippen molar-refractivity contribution in [3.8, 4) is 0 Å². The zero-order chi connectivity index (χ0) is 16.0. The van der Waals surface area contributed by atoms with Crippen LogP contribution in [0.4, 0.5) is 0 Å². The van der Waals surface area contributed by atoms with Crippen LogP contribution in [0.15, 0.2) is 24.4 Å². The number of hydrogen-bond acceptors (Lipinski definition) is 5. The summed E-state index contributed by atoms with van der Waals surface area (Å²) in [5.74, 6) is -2.24. The van der Waals surface area contributed by atoms with Crippen molar-refractivity contribution in [1.82, 2.24) is 9.97 Å². The van der Waals surface area contributed by atoms with E-state index in [0.717, 1.165) is 6.08 Å². The summed E-state index contributed by atoms with van der Waals surface area (Å²) in [7, 11) is 0. The van der Waals surface area contributed by atoms with Crippen molar-refractivity contribution in [2.45, 2.75) is 13.8 Å². The second-order valence-electron chi connectivity index (χ2n) is 5.06. The number of pyridine rings is 1. The number of aromatic carboxylic acids is 1. The van der Waals surface area contributed by atoms with Crippen LogP contribution in [0.25, 0.3) is 5.57 Å². The molecule has 0 radical (unpaired) electrons. The third-order valence-electron chi connectivity index (χ3n) is 3.65. The van der Waals surface area contributed by atoms with E-state index in [0.29, 0.717) is 11.4 Å². The Labute approximate surface area is 125 Å². The number of carboxylic acids is 1. The number of carboxylic acid groups (broad SMARTS) is 1. The smallest absolute Gasteiger partial charge is 0.205 e. The molecule has 0 amide bonds. The number of carbonyl (C=O) groups excluding carboxylic acids is 3. The van der Waals surface area contributed by atoms with Crippen LogP contribution in [-0.2, 0) is 0 Å². The first-order valence-electron chi connectivity index (χ1n) is 6.58. The lowest BCUT2D eigenvalue weighted by Crippen LogP contribution is -2.25. The Hall–Kier alpha value is -3.02. The number of nitrogens with zero attached hydrogens (tertiary/aromatic N) is 1. The van der Waals surface area contributed by atoms with E-state index < -0.39 is 17.5 Å². The van der Waals surface area contributed by atoms with Crippen molar-refractivity contribution in [3.63, 3.8) is 0 Å². The van der Waals surface area contributed by atoms with Gasteiger partial charge in [-0.05, 0) is 32.1 Å². The van der Waals surface area contributed by atoms with Gasteiger partial charge in [-0.2, -0.15) is 0 Å². The zero-order valence-electron chi connectivity index (χ0n) is 11.9. The number of aromatic nitrogens is 2. The van der Waals surface area contributed by atoms with Crippen LogP contribution >= 0.6 is 0 Å². The van der Waals surface area contributed by atoms with Gasteiger partial charge in [0.1, 0.15) is 5.69 Å². The largest absolute Gasteiger partial charge is 0.545 e. The van der Waals surface area contributed by atoms with Gasteiger partial charge < -0.3 is 14.9 Å². The highest BCUT2D eigenvalue weighted by Gasteiger charge is 2.30. The third kappa shape index (κ3) is 1.88. The van der Waals surface area contributed by atoms with E-state index >= 15 is 0 Å². The first-order valence-corrected chi connectivity index (χ1v) is 6.58. The first kappa shape index (κ1) is 13.9. The second kappa shape index (κ2) is 4.77. The van der Waals surface area contributed by atoms with Crippen molar-refractivity contribution in [3.05, 3.63) is 58.2 Å². The fourth-order valence-electron chi connectivity index (χ4n) is 2.75. The van der Waals surface area contributed by atoms with E-state index in [2.05, 4.69) is 9.97 Å². The first-order chi connectivity index (χ1) is 10.4. The Morgan fingerprint density at radius 1 is 1.23 bits per heavy atom. The second-order valence-corrected chi connectivity index (χ2v) is 5.06. The number of Topliss-reactive ketones (excluding diaryl/α,β-unsaturated/α-hetero) is 1. The van der Waals surface area contributed by atoms with Gasteiger partial charge in [0.05, 0.1) is 11.5 Å². The molecule has 2 heterocycles. The van der Waals surface area contributed by atoms with Gasteiger partial charge in [-0.3, -0.25) is 14.6 Å². The number of fused-ring (bicyclic) bond motifs is 1. The van der Waals surface area contributed by atoms with Gasteiger partial charge in [-0.25, -0.2) is 0 Å². The van der Waals surface area contributed by atoms with Crippen LogP contribution in [0.1, 0.15) is 48.2 Å². The SMILES string of the molecule is Cc1[nH]c(C)c(C2=CC(=O)c3ncccc3C2=O)c1C(=O)[O-]. The molecule has 0 atom stereocenters. The van der Waals surface area contributed by atoms with E-state index in [9.17, 15) is 19.5 Å². The number of carbonyl (C=O) groups is 3. The molecule has 22 heavy (non-hydrogen) atoms. The Balaban J connectivity index is 2.26. The molecule has 0 bridgehead atoms. The maximum atomic E-state index is 12.6. The normalized spacial score (nSPS) is 13.8. The van der Waals surface area contributed by atoms with Crippen LogP contribution in [0.3, 0.4) is 0 Å².